The minimum atomic E-state index is -4.15. The van der Waals surface area contributed by atoms with Crippen molar-refractivity contribution in [3.05, 3.63) is 28.8 Å². The number of halogens is 5. The predicted molar refractivity (Wildman–Crippen MR) is 65.0 cm³/mol. The van der Waals surface area contributed by atoms with Gasteiger partial charge in [0.15, 0.2) is 0 Å². The number of alkyl halides is 4. The zero-order valence-electron chi connectivity index (χ0n) is 9.02. The average Bonchev–Trinajstić information content (AvgIpc) is 2.24. The summed E-state index contributed by atoms with van der Waals surface area (Å²) in [4.78, 5) is -0.414. The fourth-order valence-electron chi connectivity index (χ4n) is 1.33. The second kappa shape index (κ2) is 5.96. The van der Waals surface area contributed by atoms with Crippen molar-refractivity contribution in [2.45, 2.75) is 23.8 Å². The molecule has 0 aliphatic heterocycles. The molecule has 0 aromatic heterocycles. The lowest BCUT2D eigenvalue weighted by atomic mass is 10.1. The highest BCUT2D eigenvalue weighted by atomic mass is 79.9. The molecule has 6 heteroatoms. The quantitative estimate of drug-likeness (QED) is 0.695. The van der Waals surface area contributed by atoms with E-state index in [4.69, 9.17) is 16.3 Å². The van der Waals surface area contributed by atoms with Crippen molar-refractivity contribution < 1.29 is 17.9 Å². The molecular formula is C11H11BrClF3O. The van der Waals surface area contributed by atoms with Crippen LogP contribution in [0.5, 0.6) is 5.75 Å². The summed E-state index contributed by atoms with van der Waals surface area (Å²) in [7, 11) is 1.50. The normalized spacial score (nSPS) is 13.5. The Morgan fingerprint density at radius 1 is 1.41 bits per heavy atom. The molecule has 0 saturated carbocycles. The van der Waals surface area contributed by atoms with Gasteiger partial charge in [-0.15, -0.1) is 0 Å². The van der Waals surface area contributed by atoms with Crippen molar-refractivity contribution in [3.8, 4) is 5.75 Å². The van der Waals surface area contributed by atoms with Crippen molar-refractivity contribution in [1.29, 1.82) is 0 Å². The van der Waals surface area contributed by atoms with Crippen molar-refractivity contribution in [3.63, 3.8) is 0 Å². The van der Waals surface area contributed by atoms with Gasteiger partial charge in [0, 0.05) is 16.3 Å². The highest BCUT2D eigenvalue weighted by Gasteiger charge is 2.28. The maximum atomic E-state index is 12.1. The van der Waals surface area contributed by atoms with Crippen LogP contribution >= 0.6 is 27.5 Å². The van der Waals surface area contributed by atoms with Gasteiger partial charge in [0.1, 0.15) is 5.75 Å². The monoisotopic (exact) mass is 330 g/mol. The van der Waals surface area contributed by atoms with E-state index in [1.165, 1.54) is 7.11 Å². The second-order valence-corrected chi connectivity index (χ2v) is 5.02. The number of hydrogen-bond acceptors (Lipinski definition) is 1. The maximum Gasteiger partial charge on any atom is 0.389 e. The number of methoxy groups -OCH3 is 1. The third-order valence-electron chi connectivity index (χ3n) is 2.23. The maximum absolute atomic E-state index is 12.1. The van der Waals surface area contributed by atoms with Crippen LogP contribution in [0.2, 0.25) is 5.02 Å². The largest absolute Gasteiger partial charge is 0.497 e. The highest BCUT2D eigenvalue weighted by molar-refractivity contribution is 9.09. The van der Waals surface area contributed by atoms with Crippen molar-refractivity contribution in [2.24, 2.45) is 0 Å². The van der Waals surface area contributed by atoms with E-state index in [0.717, 1.165) is 0 Å². The minimum absolute atomic E-state index is 0.0461. The van der Waals surface area contributed by atoms with Crippen molar-refractivity contribution in [2.75, 3.05) is 7.11 Å². The van der Waals surface area contributed by atoms with E-state index in [0.29, 0.717) is 16.3 Å². The lowest BCUT2D eigenvalue weighted by Gasteiger charge is -2.14. The molecule has 0 amide bonds. The third kappa shape index (κ3) is 4.76. The van der Waals surface area contributed by atoms with Gasteiger partial charge < -0.3 is 4.74 Å². The smallest absolute Gasteiger partial charge is 0.389 e. The van der Waals surface area contributed by atoms with Crippen molar-refractivity contribution in [1.82, 2.24) is 0 Å². The summed E-state index contributed by atoms with van der Waals surface area (Å²) < 4.78 is 41.2. The Bertz CT molecular complexity index is 381. The summed E-state index contributed by atoms with van der Waals surface area (Å²) in [6.45, 7) is 0. The summed E-state index contributed by atoms with van der Waals surface area (Å²) in [6, 6.07) is 4.92. The topological polar surface area (TPSA) is 9.23 Å². The molecule has 0 radical (unpaired) electrons. The Hall–Kier alpha value is -0.420. The van der Waals surface area contributed by atoms with Crippen LogP contribution in [-0.2, 0) is 0 Å². The molecule has 17 heavy (non-hydrogen) atoms. The SMILES string of the molecule is COc1ccc(C(Br)CCC(F)(F)F)c(Cl)c1. The molecular weight excluding hydrogens is 320 g/mol. The number of benzene rings is 1. The molecule has 96 valence electrons. The Balaban J connectivity index is 2.72. The molecule has 1 rings (SSSR count). The molecule has 0 spiro atoms. The van der Waals surface area contributed by atoms with Crippen LogP contribution in [-0.4, -0.2) is 13.3 Å². The van der Waals surface area contributed by atoms with Crippen molar-refractivity contribution >= 4 is 27.5 Å². The zero-order valence-corrected chi connectivity index (χ0v) is 11.4. The first-order valence-electron chi connectivity index (χ1n) is 4.88. The third-order valence-corrected chi connectivity index (χ3v) is 3.50. The summed E-state index contributed by atoms with van der Waals surface area (Å²) in [5.74, 6) is 0.578. The minimum Gasteiger partial charge on any atom is -0.497 e. The number of rotatable bonds is 4. The van der Waals surface area contributed by atoms with Gasteiger partial charge in [0.25, 0.3) is 0 Å². The molecule has 1 atom stereocenters. The first kappa shape index (κ1) is 14.6. The van der Waals surface area contributed by atoms with Gasteiger partial charge in [-0.25, -0.2) is 0 Å². The Morgan fingerprint density at radius 2 is 2.06 bits per heavy atom. The molecule has 1 unspecified atom stereocenters. The summed E-state index contributed by atoms with van der Waals surface area (Å²) in [6.07, 6.45) is -5.04. The first-order valence-corrected chi connectivity index (χ1v) is 6.17. The van der Waals surface area contributed by atoms with E-state index in [9.17, 15) is 13.2 Å². The lowest BCUT2D eigenvalue weighted by molar-refractivity contribution is -0.135. The lowest BCUT2D eigenvalue weighted by Crippen LogP contribution is -2.08. The first-order chi connectivity index (χ1) is 7.83. The number of hydrogen-bond donors (Lipinski definition) is 0. The molecule has 1 aromatic carbocycles. The van der Waals surface area contributed by atoms with Gasteiger partial charge in [-0.3, -0.25) is 0 Å². The van der Waals surface area contributed by atoms with Gasteiger partial charge in [0.2, 0.25) is 0 Å². The molecule has 1 aromatic rings. The van der Waals surface area contributed by atoms with Crippen LogP contribution < -0.4 is 4.74 Å². The van der Waals surface area contributed by atoms with Gasteiger partial charge in [-0.2, -0.15) is 13.2 Å². The van der Waals surface area contributed by atoms with Gasteiger partial charge in [-0.05, 0) is 24.1 Å². The zero-order chi connectivity index (χ0) is 13.1. The van der Waals surface area contributed by atoms with E-state index >= 15 is 0 Å². The standard InChI is InChI=1S/C11H11BrClF3O/c1-17-7-2-3-8(10(13)6-7)9(12)4-5-11(14,15)16/h2-3,6,9H,4-5H2,1H3. The predicted octanol–water partition coefficient (Wildman–Crippen LogP) is 5.13. The second-order valence-electron chi connectivity index (χ2n) is 3.51. The summed E-state index contributed by atoms with van der Waals surface area (Å²) in [5.41, 5.74) is 0.636. The molecule has 0 aliphatic rings. The van der Waals surface area contributed by atoms with E-state index in [1.807, 2.05) is 0 Å². The Kier molecular flexibility index (Phi) is 5.13. The Labute approximate surface area is 111 Å². The highest BCUT2D eigenvalue weighted by Crippen LogP contribution is 2.37. The van der Waals surface area contributed by atoms with Gasteiger partial charge >= 0.3 is 6.18 Å². The van der Waals surface area contributed by atoms with E-state index in [1.54, 1.807) is 18.2 Å². The Morgan fingerprint density at radius 3 is 2.53 bits per heavy atom. The molecule has 1 nitrogen and oxygen atoms in total. The van der Waals surface area contributed by atoms with Gasteiger partial charge in [-0.1, -0.05) is 33.6 Å². The fourth-order valence-corrected chi connectivity index (χ4v) is 2.40. The van der Waals surface area contributed by atoms with Crippen LogP contribution in [0.15, 0.2) is 18.2 Å². The molecule has 0 aliphatic carbocycles. The summed E-state index contributed by atoms with van der Waals surface area (Å²) in [5, 5.41) is 0.397. The molecule has 0 heterocycles. The molecule has 0 saturated heterocycles. The average molecular weight is 332 g/mol. The van der Waals surface area contributed by atoms with Crippen LogP contribution in [0, 0.1) is 0 Å². The molecule has 0 N–H and O–H groups in total. The fraction of sp³-hybridized carbons (Fsp3) is 0.455. The van der Waals surface area contributed by atoms with E-state index < -0.39 is 17.4 Å². The van der Waals surface area contributed by atoms with Crippen LogP contribution in [0.25, 0.3) is 0 Å². The van der Waals surface area contributed by atoms with Gasteiger partial charge in [0.05, 0.1) is 7.11 Å². The molecule has 0 bridgehead atoms. The number of ether oxygens (including phenoxy) is 1. The van der Waals surface area contributed by atoms with E-state index in [2.05, 4.69) is 15.9 Å². The van der Waals surface area contributed by atoms with Crippen LogP contribution in [0.3, 0.4) is 0 Å². The van der Waals surface area contributed by atoms with E-state index in [-0.39, 0.29) is 6.42 Å². The summed E-state index contributed by atoms with van der Waals surface area (Å²) >= 11 is 9.17. The molecule has 0 fully saturated rings. The van der Waals surface area contributed by atoms with Crippen LogP contribution in [0.1, 0.15) is 23.2 Å². The van der Waals surface area contributed by atoms with Crippen LogP contribution in [0.4, 0.5) is 13.2 Å².